The van der Waals surface area contributed by atoms with E-state index >= 15 is 0 Å². The second-order valence-corrected chi connectivity index (χ2v) is 7.47. The summed E-state index contributed by atoms with van der Waals surface area (Å²) in [5.74, 6) is 0.0675. The van der Waals surface area contributed by atoms with Gasteiger partial charge < -0.3 is 10.2 Å². The number of hydrogen-bond acceptors (Lipinski definition) is 3. The molecule has 0 unspecified atom stereocenters. The Labute approximate surface area is 147 Å². The lowest BCUT2D eigenvalue weighted by Crippen LogP contribution is -2.47. The summed E-state index contributed by atoms with van der Waals surface area (Å²) in [4.78, 5) is 16.9. The van der Waals surface area contributed by atoms with Crippen molar-refractivity contribution in [3.05, 3.63) is 27.8 Å². The minimum atomic E-state index is 0.0675. The number of halogens is 1. The molecular weight excluding hydrogens is 389 g/mol. The summed E-state index contributed by atoms with van der Waals surface area (Å²) in [6.45, 7) is 7.21. The second-order valence-electron chi connectivity index (χ2n) is 6.30. The van der Waals surface area contributed by atoms with Gasteiger partial charge in [-0.1, -0.05) is 12.1 Å². The van der Waals surface area contributed by atoms with E-state index in [4.69, 9.17) is 0 Å². The summed E-state index contributed by atoms with van der Waals surface area (Å²) in [6.07, 6.45) is 2.29. The molecule has 1 amide bonds. The van der Waals surface area contributed by atoms with Crippen LogP contribution in [0, 0.1) is 3.57 Å². The molecule has 0 aliphatic carbocycles. The van der Waals surface area contributed by atoms with E-state index in [-0.39, 0.29) is 5.91 Å². The highest BCUT2D eigenvalue weighted by Crippen LogP contribution is 2.19. The number of nitrogens with one attached hydrogen (secondary N) is 1. The predicted octanol–water partition coefficient (Wildman–Crippen LogP) is 3.03. The first-order valence-electron chi connectivity index (χ1n) is 7.96. The lowest BCUT2D eigenvalue weighted by atomic mass is 10.0. The normalized spacial score (nSPS) is 17.2. The monoisotopic (exact) mass is 415 g/mol. The van der Waals surface area contributed by atoms with Crippen LogP contribution in [-0.2, 0) is 4.79 Å². The van der Waals surface area contributed by atoms with Crippen molar-refractivity contribution in [1.29, 1.82) is 0 Å². The van der Waals surface area contributed by atoms with Gasteiger partial charge in [-0.15, -0.1) is 0 Å². The maximum absolute atomic E-state index is 12.2. The number of anilines is 1. The van der Waals surface area contributed by atoms with Crippen LogP contribution >= 0.6 is 22.6 Å². The highest BCUT2D eigenvalue weighted by atomic mass is 127. The molecule has 0 saturated carbocycles. The van der Waals surface area contributed by atoms with Gasteiger partial charge in [-0.05, 0) is 81.5 Å². The van der Waals surface area contributed by atoms with Crippen molar-refractivity contribution in [3.8, 4) is 0 Å². The molecule has 0 atom stereocenters. The first kappa shape index (κ1) is 17.7. The number of carbonyl (C=O) groups excluding carboxylic acids is 1. The van der Waals surface area contributed by atoms with E-state index in [1.807, 2.05) is 24.3 Å². The van der Waals surface area contributed by atoms with Crippen molar-refractivity contribution in [2.45, 2.75) is 38.8 Å². The molecule has 1 aliphatic rings. The van der Waals surface area contributed by atoms with Gasteiger partial charge in [0.1, 0.15) is 0 Å². The molecule has 1 heterocycles. The molecule has 5 heteroatoms. The number of hydrogen-bond donors (Lipinski definition) is 1. The lowest BCUT2D eigenvalue weighted by Gasteiger charge is -2.38. The molecule has 1 aromatic carbocycles. The van der Waals surface area contributed by atoms with Gasteiger partial charge in [-0.3, -0.25) is 9.69 Å². The molecule has 1 aliphatic heterocycles. The van der Waals surface area contributed by atoms with Crippen LogP contribution in [0.1, 0.15) is 26.7 Å². The Morgan fingerprint density at radius 2 is 2.00 bits per heavy atom. The first-order chi connectivity index (χ1) is 10.5. The van der Waals surface area contributed by atoms with Crippen LogP contribution in [0.2, 0.25) is 0 Å². The first-order valence-corrected chi connectivity index (χ1v) is 9.04. The van der Waals surface area contributed by atoms with Gasteiger partial charge in [0.2, 0.25) is 5.91 Å². The SMILES string of the molecule is CC(C)N1CCC(N(C)CC(=O)Nc2ccccc2I)CC1. The van der Waals surface area contributed by atoms with Crippen LogP contribution in [-0.4, -0.2) is 54.5 Å². The summed E-state index contributed by atoms with van der Waals surface area (Å²) in [5, 5.41) is 3.01. The van der Waals surface area contributed by atoms with Gasteiger partial charge in [0.15, 0.2) is 0 Å². The van der Waals surface area contributed by atoms with Gasteiger partial charge >= 0.3 is 0 Å². The molecular formula is C17H26IN3O. The molecule has 4 nitrogen and oxygen atoms in total. The van der Waals surface area contributed by atoms with Crippen LogP contribution < -0.4 is 5.32 Å². The Morgan fingerprint density at radius 3 is 2.59 bits per heavy atom. The van der Waals surface area contributed by atoms with E-state index in [0.717, 1.165) is 35.2 Å². The number of likely N-dealkylation sites (N-methyl/N-ethyl adjacent to an activating group) is 1. The number of nitrogens with zero attached hydrogens (tertiary/aromatic N) is 2. The van der Waals surface area contributed by atoms with Crippen LogP contribution in [0.25, 0.3) is 0 Å². The van der Waals surface area contributed by atoms with E-state index in [1.54, 1.807) is 0 Å². The molecule has 1 N–H and O–H groups in total. The Kier molecular flexibility index (Phi) is 6.65. The van der Waals surface area contributed by atoms with Crippen LogP contribution in [0.3, 0.4) is 0 Å². The fourth-order valence-corrected chi connectivity index (χ4v) is 3.47. The fraction of sp³-hybridized carbons (Fsp3) is 0.588. The molecule has 1 saturated heterocycles. The maximum Gasteiger partial charge on any atom is 0.238 e. The molecule has 1 fully saturated rings. The van der Waals surface area contributed by atoms with Crippen LogP contribution in [0.15, 0.2) is 24.3 Å². The smallest absolute Gasteiger partial charge is 0.238 e. The number of rotatable bonds is 5. The zero-order chi connectivity index (χ0) is 16.1. The Morgan fingerprint density at radius 1 is 1.36 bits per heavy atom. The topological polar surface area (TPSA) is 35.6 Å². The zero-order valence-corrected chi connectivity index (χ0v) is 15.8. The predicted molar refractivity (Wildman–Crippen MR) is 100 cm³/mol. The van der Waals surface area contributed by atoms with Crippen molar-refractivity contribution < 1.29 is 4.79 Å². The molecule has 2 rings (SSSR count). The zero-order valence-electron chi connectivity index (χ0n) is 13.7. The Bertz CT molecular complexity index is 498. The van der Waals surface area contributed by atoms with E-state index < -0.39 is 0 Å². The molecule has 0 aromatic heterocycles. The molecule has 122 valence electrons. The van der Waals surface area contributed by atoms with Crippen molar-refractivity contribution >= 4 is 34.2 Å². The number of likely N-dealkylation sites (tertiary alicyclic amines) is 1. The minimum Gasteiger partial charge on any atom is -0.324 e. The third-order valence-electron chi connectivity index (χ3n) is 4.39. The highest BCUT2D eigenvalue weighted by Gasteiger charge is 2.24. The lowest BCUT2D eigenvalue weighted by molar-refractivity contribution is -0.117. The van der Waals surface area contributed by atoms with E-state index in [2.05, 4.69) is 58.6 Å². The highest BCUT2D eigenvalue weighted by molar-refractivity contribution is 14.1. The summed E-state index contributed by atoms with van der Waals surface area (Å²) >= 11 is 2.25. The number of piperidine rings is 1. The molecule has 0 bridgehead atoms. The van der Waals surface area contributed by atoms with Crippen molar-refractivity contribution in [3.63, 3.8) is 0 Å². The van der Waals surface area contributed by atoms with Gasteiger partial charge in [-0.2, -0.15) is 0 Å². The van der Waals surface area contributed by atoms with E-state index in [1.165, 1.54) is 0 Å². The van der Waals surface area contributed by atoms with Gasteiger partial charge in [0.05, 0.1) is 12.2 Å². The number of benzene rings is 1. The van der Waals surface area contributed by atoms with Crippen LogP contribution in [0.5, 0.6) is 0 Å². The summed E-state index contributed by atoms with van der Waals surface area (Å²) < 4.78 is 1.07. The molecule has 0 radical (unpaired) electrons. The quantitative estimate of drug-likeness (QED) is 0.752. The van der Waals surface area contributed by atoms with E-state index in [9.17, 15) is 4.79 Å². The number of carbonyl (C=O) groups is 1. The van der Waals surface area contributed by atoms with Gasteiger partial charge in [-0.25, -0.2) is 0 Å². The molecule has 0 spiro atoms. The summed E-state index contributed by atoms with van der Waals surface area (Å²) in [7, 11) is 2.06. The Hall–Kier alpha value is -0.660. The molecule has 1 aromatic rings. The van der Waals surface area contributed by atoms with Crippen LogP contribution in [0.4, 0.5) is 5.69 Å². The molecule has 22 heavy (non-hydrogen) atoms. The summed E-state index contributed by atoms with van der Waals surface area (Å²) in [6, 6.07) is 9.00. The van der Waals surface area contributed by atoms with Gasteiger partial charge in [0, 0.05) is 15.7 Å². The third kappa shape index (κ3) is 4.93. The Balaban J connectivity index is 1.81. The fourth-order valence-electron chi connectivity index (χ4n) is 2.95. The number of amides is 1. The average Bonchev–Trinajstić information content (AvgIpc) is 2.49. The third-order valence-corrected chi connectivity index (χ3v) is 5.33. The second kappa shape index (κ2) is 8.26. The van der Waals surface area contributed by atoms with Crippen molar-refractivity contribution in [2.75, 3.05) is 32.0 Å². The number of para-hydroxylation sites is 1. The average molecular weight is 415 g/mol. The standard InChI is InChI=1S/C17H26IN3O/c1-13(2)21-10-8-14(9-11-21)20(3)12-17(22)19-16-7-5-4-6-15(16)18/h4-7,13-14H,8-12H2,1-3H3,(H,19,22). The summed E-state index contributed by atoms with van der Waals surface area (Å²) in [5.41, 5.74) is 0.899. The maximum atomic E-state index is 12.2. The van der Waals surface area contributed by atoms with E-state index in [0.29, 0.717) is 18.6 Å². The van der Waals surface area contributed by atoms with Crippen molar-refractivity contribution in [2.24, 2.45) is 0 Å². The largest absolute Gasteiger partial charge is 0.324 e. The van der Waals surface area contributed by atoms with Crippen molar-refractivity contribution in [1.82, 2.24) is 9.80 Å². The minimum absolute atomic E-state index is 0.0675. The van der Waals surface area contributed by atoms with Gasteiger partial charge in [0.25, 0.3) is 0 Å².